The Balaban J connectivity index is 1.30. The molecular formula is C35H36N2O12. The molecule has 5 atom stereocenters. The van der Waals surface area contributed by atoms with Gasteiger partial charge in [0.2, 0.25) is 12.4 Å². The van der Waals surface area contributed by atoms with Crippen LogP contribution < -0.4 is 15.0 Å². The van der Waals surface area contributed by atoms with Gasteiger partial charge in [0.05, 0.1) is 28.4 Å². The third kappa shape index (κ3) is 7.26. The zero-order valence-electron chi connectivity index (χ0n) is 26.5. The van der Waals surface area contributed by atoms with Gasteiger partial charge in [-0.1, -0.05) is 31.9 Å². The number of benzene rings is 2. The van der Waals surface area contributed by atoms with Gasteiger partial charge in [0.1, 0.15) is 54.7 Å². The first-order valence-electron chi connectivity index (χ1n) is 15.9. The highest BCUT2D eigenvalue weighted by Crippen LogP contribution is 2.30. The molecule has 4 heterocycles. The van der Waals surface area contributed by atoms with Crippen molar-refractivity contribution >= 4 is 33.8 Å². The number of carbonyl (C=O) groups is 2. The lowest BCUT2D eigenvalue weighted by Crippen LogP contribution is -2.63. The van der Waals surface area contributed by atoms with Gasteiger partial charge in [-0.15, -0.1) is 0 Å². The number of ether oxygens (including phenoxy) is 3. The number of fused-ring (bicyclic) bond motifs is 2. The number of unbranched alkanes of at least 4 members (excludes halogenated alkanes) is 2. The van der Waals surface area contributed by atoms with Crippen LogP contribution in [-0.2, 0) is 25.5 Å². The number of carboxylic acids is 1. The molecule has 14 heteroatoms. The molecule has 1 fully saturated rings. The SMILES string of the molecule is CCCCCc1c2[nH]ccc2cn1OC1C(Oc2ccc3c(=O)c(-c4ccc(O)cc4)coc3c2)OC(COC(=O)CC(=O)O)C(O)C1O. The second-order valence-corrected chi connectivity index (χ2v) is 11.8. The summed E-state index contributed by atoms with van der Waals surface area (Å²) >= 11 is 0. The maximum Gasteiger partial charge on any atom is 0.317 e. The highest BCUT2D eigenvalue weighted by Gasteiger charge is 2.49. The van der Waals surface area contributed by atoms with Gasteiger partial charge in [0.15, 0.2) is 5.43 Å². The molecule has 258 valence electrons. The van der Waals surface area contributed by atoms with Crippen LogP contribution in [0.25, 0.3) is 33.0 Å². The number of carbonyl (C=O) groups excluding carboxylic acids is 1. The van der Waals surface area contributed by atoms with Crippen LogP contribution in [0.5, 0.6) is 11.5 Å². The zero-order chi connectivity index (χ0) is 34.7. The van der Waals surface area contributed by atoms with Crippen molar-refractivity contribution in [1.82, 2.24) is 9.71 Å². The summed E-state index contributed by atoms with van der Waals surface area (Å²) in [6.45, 7) is 1.53. The number of esters is 1. The summed E-state index contributed by atoms with van der Waals surface area (Å²) in [5.41, 5.74) is 2.41. The summed E-state index contributed by atoms with van der Waals surface area (Å²) in [6, 6.07) is 12.5. The van der Waals surface area contributed by atoms with E-state index in [2.05, 4.69) is 11.9 Å². The van der Waals surface area contributed by atoms with Crippen LogP contribution in [0.1, 0.15) is 38.3 Å². The Morgan fingerprint density at radius 1 is 1.04 bits per heavy atom. The number of carboxylic acid groups (broad SMARTS) is 1. The van der Waals surface area contributed by atoms with Gasteiger partial charge < -0.3 is 48.9 Å². The summed E-state index contributed by atoms with van der Waals surface area (Å²) in [6.07, 6.45) is 0.261. The number of nitrogens with zero attached hydrogens (tertiary/aromatic N) is 1. The van der Waals surface area contributed by atoms with Crippen molar-refractivity contribution in [2.45, 2.75) is 69.7 Å². The van der Waals surface area contributed by atoms with Crippen molar-refractivity contribution < 1.29 is 53.5 Å². The topological polar surface area (TPSA) is 203 Å². The van der Waals surface area contributed by atoms with Gasteiger partial charge in [-0.25, -0.2) is 0 Å². The number of aliphatic carboxylic acids is 1. The molecule has 1 aliphatic heterocycles. The molecule has 0 spiro atoms. The first kappa shape index (κ1) is 33.6. The first-order valence-corrected chi connectivity index (χ1v) is 15.9. The summed E-state index contributed by atoms with van der Waals surface area (Å²) in [4.78, 5) is 45.7. The van der Waals surface area contributed by atoms with Crippen LogP contribution >= 0.6 is 0 Å². The Morgan fingerprint density at radius 3 is 2.59 bits per heavy atom. The van der Waals surface area contributed by atoms with Crippen molar-refractivity contribution in [3.63, 3.8) is 0 Å². The Morgan fingerprint density at radius 2 is 1.84 bits per heavy atom. The molecular weight excluding hydrogens is 640 g/mol. The van der Waals surface area contributed by atoms with Crippen LogP contribution in [0.4, 0.5) is 0 Å². The van der Waals surface area contributed by atoms with E-state index in [0.29, 0.717) is 17.5 Å². The molecule has 0 saturated carbocycles. The fourth-order valence-corrected chi connectivity index (χ4v) is 5.81. The lowest BCUT2D eigenvalue weighted by molar-refractivity contribution is -0.288. The molecule has 49 heavy (non-hydrogen) atoms. The summed E-state index contributed by atoms with van der Waals surface area (Å²) in [7, 11) is 0. The fourth-order valence-electron chi connectivity index (χ4n) is 5.81. The van der Waals surface area contributed by atoms with Gasteiger partial charge in [-0.3, -0.25) is 14.4 Å². The number of aryl methyl sites for hydroxylation is 1. The van der Waals surface area contributed by atoms with Crippen molar-refractivity contribution in [2.75, 3.05) is 6.61 Å². The molecule has 1 saturated heterocycles. The summed E-state index contributed by atoms with van der Waals surface area (Å²) < 4.78 is 24.5. The molecule has 5 aromatic rings. The van der Waals surface area contributed by atoms with E-state index in [4.69, 9.17) is 28.6 Å². The van der Waals surface area contributed by atoms with E-state index in [9.17, 15) is 29.7 Å². The Labute approximate surface area is 279 Å². The van der Waals surface area contributed by atoms with Crippen LogP contribution in [-0.4, -0.2) is 79.4 Å². The molecule has 14 nitrogen and oxygen atoms in total. The van der Waals surface area contributed by atoms with Gasteiger partial charge in [-0.05, 0) is 48.7 Å². The van der Waals surface area contributed by atoms with Crippen LogP contribution in [0.2, 0.25) is 0 Å². The van der Waals surface area contributed by atoms with E-state index in [1.165, 1.54) is 41.3 Å². The molecule has 5 N–H and O–H groups in total. The second kappa shape index (κ2) is 14.4. The summed E-state index contributed by atoms with van der Waals surface area (Å²) in [5.74, 6) is -2.22. The van der Waals surface area contributed by atoms with Gasteiger partial charge in [0.25, 0.3) is 0 Å². The molecule has 0 bridgehead atoms. The van der Waals surface area contributed by atoms with E-state index >= 15 is 0 Å². The predicted molar refractivity (Wildman–Crippen MR) is 174 cm³/mol. The molecule has 0 radical (unpaired) electrons. The van der Waals surface area contributed by atoms with E-state index in [1.54, 1.807) is 18.3 Å². The minimum atomic E-state index is -1.61. The normalized spacial score (nSPS) is 20.8. The number of rotatable bonds is 13. The van der Waals surface area contributed by atoms with Gasteiger partial charge in [-0.2, -0.15) is 4.73 Å². The first-order chi connectivity index (χ1) is 23.6. The highest BCUT2D eigenvalue weighted by atomic mass is 16.8. The van der Waals surface area contributed by atoms with Gasteiger partial charge in [0, 0.05) is 17.6 Å². The fraction of sp³-hybridized carbons (Fsp3) is 0.343. The van der Waals surface area contributed by atoms with E-state index < -0.39 is 55.7 Å². The van der Waals surface area contributed by atoms with E-state index in [0.717, 1.165) is 35.9 Å². The highest BCUT2D eigenvalue weighted by molar-refractivity contribution is 5.90. The average molecular weight is 677 g/mol. The number of aliphatic hydroxyl groups excluding tert-OH is 2. The number of hydrogen-bond donors (Lipinski definition) is 5. The van der Waals surface area contributed by atoms with Crippen molar-refractivity contribution in [3.8, 4) is 22.6 Å². The number of phenols is 1. The summed E-state index contributed by atoms with van der Waals surface area (Å²) in [5, 5.41) is 42.0. The second-order valence-electron chi connectivity index (χ2n) is 11.8. The van der Waals surface area contributed by atoms with E-state index in [-0.39, 0.29) is 27.9 Å². The van der Waals surface area contributed by atoms with Crippen LogP contribution in [0, 0.1) is 0 Å². The minimum absolute atomic E-state index is 0.0586. The smallest absolute Gasteiger partial charge is 0.317 e. The standard InChI is InChI=1S/C35H36N2O12/c1-2-3-4-5-25-30-20(12-13-36-30)16-37(25)49-34-33(44)32(43)27(18-46-29(41)15-28(39)40)48-35(34)47-22-10-11-23-26(14-22)45-17-24(31(23)42)19-6-8-21(38)9-7-19/h6-14,16-17,27,32-36,38,43-44H,2-5,15,18H2,1H3,(H,39,40). The average Bonchev–Trinajstić information content (AvgIpc) is 3.66. The lowest BCUT2D eigenvalue weighted by Gasteiger charge is -2.41. The monoisotopic (exact) mass is 676 g/mol. The molecule has 1 aliphatic rings. The number of aromatic hydroxyl groups is 1. The zero-order valence-corrected chi connectivity index (χ0v) is 26.5. The number of phenolic OH excluding ortho intramolecular Hbond substituents is 1. The Kier molecular flexibility index (Phi) is 9.90. The predicted octanol–water partition coefficient (Wildman–Crippen LogP) is 3.52. The quantitative estimate of drug-likeness (QED) is 0.0691. The van der Waals surface area contributed by atoms with Crippen molar-refractivity contribution in [2.24, 2.45) is 0 Å². The maximum atomic E-state index is 13.3. The van der Waals surface area contributed by atoms with Crippen molar-refractivity contribution in [3.05, 3.63) is 83.1 Å². The van der Waals surface area contributed by atoms with Crippen LogP contribution in [0.3, 0.4) is 0 Å². The number of aromatic amines is 1. The number of H-pyrrole nitrogens is 1. The molecule has 6 rings (SSSR count). The minimum Gasteiger partial charge on any atom is -0.508 e. The third-order valence-electron chi connectivity index (χ3n) is 8.37. The number of nitrogens with one attached hydrogen (secondary N) is 1. The molecule has 0 aliphatic carbocycles. The molecule has 2 aromatic carbocycles. The largest absolute Gasteiger partial charge is 0.508 e. The number of aromatic nitrogens is 2. The molecule has 5 unspecified atom stereocenters. The third-order valence-corrected chi connectivity index (χ3v) is 8.37. The van der Waals surface area contributed by atoms with Crippen LogP contribution in [0.15, 0.2) is 76.4 Å². The molecule has 0 amide bonds. The maximum absolute atomic E-state index is 13.3. The van der Waals surface area contributed by atoms with Crippen molar-refractivity contribution in [1.29, 1.82) is 0 Å². The molecule has 3 aromatic heterocycles. The van der Waals surface area contributed by atoms with Gasteiger partial charge >= 0.3 is 11.9 Å². The lowest BCUT2D eigenvalue weighted by atomic mass is 9.99. The Hall–Kier alpha value is -5.31. The number of hydrogen-bond acceptors (Lipinski definition) is 11. The van der Waals surface area contributed by atoms with E-state index in [1.807, 2.05) is 12.3 Å². The number of aliphatic hydroxyl groups is 2. The Bertz CT molecular complexity index is 2000.